The van der Waals surface area contributed by atoms with Crippen molar-refractivity contribution < 1.29 is 9.59 Å². The number of piperidine rings is 1. The van der Waals surface area contributed by atoms with E-state index < -0.39 is 0 Å². The van der Waals surface area contributed by atoms with Crippen molar-refractivity contribution in [3.8, 4) is 0 Å². The maximum Gasteiger partial charge on any atom is 0.233 e. The number of unbranched alkanes of at least 4 members (excludes halogenated alkanes) is 2. The summed E-state index contributed by atoms with van der Waals surface area (Å²) >= 11 is 0. The molecule has 2 amide bonds. The van der Waals surface area contributed by atoms with E-state index in [1.165, 1.54) is 12.8 Å². The fourth-order valence-electron chi connectivity index (χ4n) is 4.63. The summed E-state index contributed by atoms with van der Waals surface area (Å²) in [4.78, 5) is 27.0. The molecule has 1 unspecified atom stereocenters. The number of hydrogen-bond acceptors (Lipinski definition) is 3. The Morgan fingerprint density at radius 3 is 2.28 bits per heavy atom. The molecule has 142 valence electrons. The predicted octanol–water partition coefficient (Wildman–Crippen LogP) is 4.20. The van der Waals surface area contributed by atoms with Crippen molar-refractivity contribution in [2.75, 3.05) is 0 Å². The van der Waals surface area contributed by atoms with Gasteiger partial charge in [0.15, 0.2) is 0 Å². The Labute approximate surface area is 153 Å². The lowest BCUT2D eigenvalue weighted by molar-refractivity contribution is -0.144. The summed E-state index contributed by atoms with van der Waals surface area (Å²) in [6.45, 7) is 10.8. The number of carbonyl (C=O) groups excluding carboxylic acids is 2. The molecule has 0 aromatic rings. The van der Waals surface area contributed by atoms with Crippen molar-refractivity contribution in [1.82, 2.24) is 10.2 Å². The van der Waals surface area contributed by atoms with Crippen molar-refractivity contribution in [1.29, 1.82) is 0 Å². The number of carbonyl (C=O) groups is 2. The third kappa shape index (κ3) is 5.40. The SMILES string of the molecule is CCCCC=CCCC1CC(=O)N(C2CC(C)(C)NC(C)(C)C2)C1=O. The number of amides is 2. The van der Waals surface area contributed by atoms with Gasteiger partial charge in [-0.25, -0.2) is 0 Å². The Morgan fingerprint density at radius 1 is 1.08 bits per heavy atom. The van der Waals surface area contributed by atoms with Gasteiger partial charge in [0.1, 0.15) is 0 Å². The van der Waals surface area contributed by atoms with Gasteiger partial charge < -0.3 is 5.32 Å². The summed E-state index contributed by atoms with van der Waals surface area (Å²) in [7, 11) is 0. The largest absolute Gasteiger partial charge is 0.307 e. The quantitative estimate of drug-likeness (QED) is 0.426. The number of likely N-dealkylation sites (tertiary alicyclic amines) is 1. The van der Waals surface area contributed by atoms with Gasteiger partial charge in [-0.2, -0.15) is 0 Å². The molecule has 2 saturated heterocycles. The van der Waals surface area contributed by atoms with Crippen LogP contribution < -0.4 is 5.32 Å². The van der Waals surface area contributed by atoms with Gasteiger partial charge in [0, 0.05) is 29.5 Å². The summed E-state index contributed by atoms with van der Waals surface area (Å²) in [5.41, 5.74) is -0.125. The van der Waals surface area contributed by atoms with Crippen LogP contribution in [0.15, 0.2) is 12.2 Å². The third-order valence-electron chi connectivity index (χ3n) is 5.38. The Morgan fingerprint density at radius 2 is 1.68 bits per heavy atom. The first-order chi connectivity index (χ1) is 11.7. The summed E-state index contributed by atoms with van der Waals surface area (Å²) in [5, 5.41) is 3.63. The van der Waals surface area contributed by atoms with Gasteiger partial charge in [-0.1, -0.05) is 31.9 Å². The number of nitrogens with one attached hydrogen (secondary N) is 1. The number of hydrogen-bond donors (Lipinski definition) is 1. The number of rotatable bonds is 7. The van der Waals surface area contributed by atoms with E-state index in [0.717, 1.165) is 32.1 Å². The van der Waals surface area contributed by atoms with E-state index in [1.54, 1.807) is 4.90 Å². The third-order valence-corrected chi connectivity index (χ3v) is 5.38. The molecule has 0 aromatic carbocycles. The second-order valence-corrected chi connectivity index (χ2v) is 9.15. The Bertz CT molecular complexity index is 506. The lowest BCUT2D eigenvalue weighted by Crippen LogP contribution is -2.62. The van der Waals surface area contributed by atoms with E-state index in [4.69, 9.17) is 0 Å². The summed E-state index contributed by atoms with van der Waals surface area (Å²) in [5.74, 6) is -0.0293. The molecule has 4 nitrogen and oxygen atoms in total. The Balaban J connectivity index is 1.95. The average Bonchev–Trinajstić information content (AvgIpc) is 2.74. The van der Waals surface area contributed by atoms with Crippen LogP contribution in [-0.4, -0.2) is 33.8 Å². The highest BCUT2D eigenvalue weighted by Crippen LogP contribution is 2.36. The first-order valence-corrected chi connectivity index (χ1v) is 9.95. The first-order valence-electron chi connectivity index (χ1n) is 9.95. The van der Waals surface area contributed by atoms with Crippen LogP contribution >= 0.6 is 0 Å². The van der Waals surface area contributed by atoms with Crippen molar-refractivity contribution in [3.63, 3.8) is 0 Å². The highest BCUT2D eigenvalue weighted by atomic mass is 16.2. The molecule has 0 aliphatic carbocycles. The Kier molecular flexibility index (Phi) is 6.47. The van der Waals surface area contributed by atoms with Gasteiger partial charge in [0.25, 0.3) is 0 Å². The van der Waals surface area contributed by atoms with Crippen LogP contribution in [0.2, 0.25) is 0 Å². The van der Waals surface area contributed by atoms with Gasteiger partial charge in [-0.15, -0.1) is 0 Å². The lowest BCUT2D eigenvalue weighted by Gasteiger charge is -2.48. The number of allylic oxidation sites excluding steroid dienone is 2. The van der Waals surface area contributed by atoms with E-state index in [-0.39, 0.29) is 34.9 Å². The van der Waals surface area contributed by atoms with Crippen LogP contribution in [0, 0.1) is 5.92 Å². The van der Waals surface area contributed by atoms with Gasteiger partial charge >= 0.3 is 0 Å². The molecule has 1 N–H and O–H groups in total. The van der Waals surface area contributed by atoms with E-state index in [2.05, 4.69) is 52.1 Å². The fourth-order valence-corrected chi connectivity index (χ4v) is 4.63. The van der Waals surface area contributed by atoms with E-state index in [0.29, 0.717) is 6.42 Å². The molecule has 0 radical (unpaired) electrons. The molecule has 2 fully saturated rings. The highest BCUT2D eigenvalue weighted by molar-refractivity contribution is 6.03. The van der Waals surface area contributed by atoms with Crippen molar-refractivity contribution in [2.24, 2.45) is 5.92 Å². The maximum atomic E-state index is 12.9. The molecule has 4 heteroatoms. The first kappa shape index (κ1) is 20.2. The molecule has 2 aliphatic heterocycles. The maximum absolute atomic E-state index is 12.9. The minimum absolute atomic E-state index is 0.0244. The number of imide groups is 1. The van der Waals surface area contributed by atoms with E-state index >= 15 is 0 Å². The molecule has 25 heavy (non-hydrogen) atoms. The summed E-state index contributed by atoms with van der Waals surface area (Å²) in [6, 6.07) is 0.0244. The summed E-state index contributed by atoms with van der Waals surface area (Å²) in [6.07, 6.45) is 11.7. The summed E-state index contributed by atoms with van der Waals surface area (Å²) < 4.78 is 0. The standard InChI is InChI=1S/C21H36N2O2/c1-6-7-8-9-10-11-12-16-13-18(24)23(19(16)25)17-14-20(2,3)22-21(4,5)15-17/h9-10,16-17,22H,6-8,11-15H2,1-5H3. The molecule has 2 heterocycles. The fraction of sp³-hybridized carbons (Fsp3) is 0.810. The molecule has 2 aliphatic rings. The highest BCUT2D eigenvalue weighted by Gasteiger charge is 2.47. The van der Waals surface area contributed by atoms with E-state index in [9.17, 15) is 9.59 Å². The molecular formula is C21H36N2O2. The van der Waals surface area contributed by atoms with Crippen LogP contribution in [0.4, 0.5) is 0 Å². The predicted molar refractivity (Wildman–Crippen MR) is 102 cm³/mol. The second kappa shape index (κ2) is 8.03. The Hall–Kier alpha value is -1.16. The molecule has 0 aromatic heterocycles. The smallest absolute Gasteiger partial charge is 0.233 e. The molecule has 0 bridgehead atoms. The minimum Gasteiger partial charge on any atom is -0.307 e. The van der Waals surface area contributed by atoms with Crippen LogP contribution in [0.1, 0.15) is 86.0 Å². The van der Waals surface area contributed by atoms with Gasteiger partial charge in [-0.3, -0.25) is 14.5 Å². The van der Waals surface area contributed by atoms with Crippen LogP contribution in [0.3, 0.4) is 0 Å². The zero-order chi connectivity index (χ0) is 18.7. The van der Waals surface area contributed by atoms with Crippen LogP contribution in [0.25, 0.3) is 0 Å². The van der Waals surface area contributed by atoms with Gasteiger partial charge in [0.05, 0.1) is 0 Å². The van der Waals surface area contributed by atoms with Crippen LogP contribution in [0.5, 0.6) is 0 Å². The lowest BCUT2D eigenvalue weighted by atomic mass is 9.79. The average molecular weight is 349 g/mol. The second-order valence-electron chi connectivity index (χ2n) is 9.15. The van der Waals surface area contributed by atoms with Crippen molar-refractivity contribution in [2.45, 2.75) is 103 Å². The monoisotopic (exact) mass is 348 g/mol. The van der Waals surface area contributed by atoms with Crippen molar-refractivity contribution in [3.05, 3.63) is 12.2 Å². The molecule has 0 saturated carbocycles. The molecule has 1 atom stereocenters. The van der Waals surface area contributed by atoms with E-state index in [1.807, 2.05) is 0 Å². The minimum atomic E-state index is -0.121. The molecular weight excluding hydrogens is 312 g/mol. The molecule has 0 spiro atoms. The zero-order valence-electron chi connectivity index (χ0n) is 16.7. The number of nitrogens with zero attached hydrogens (tertiary/aromatic N) is 1. The van der Waals surface area contributed by atoms with Gasteiger partial charge in [0.2, 0.25) is 11.8 Å². The zero-order valence-corrected chi connectivity index (χ0v) is 16.7. The van der Waals surface area contributed by atoms with Crippen LogP contribution in [-0.2, 0) is 9.59 Å². The molecule has 2 rings (SSSR count). The normalized spacial score (nSPS) is 26.8. The van der Waals surface area contributed by atoms with Crippen molar-refractivity contribution >= 4 is 11.8 Å². The van der Waals surface area contributed by atoms with Gasteiger partial charge in [-0.05, 0) is 59.8 Å². The topological polar surface area (TPSA) is 49.4 Å².